The highest BCUT2D eigenvalue weighted by Crippen LogP contribution is 2.61. The maximum absolute atomic E-state index is 13.7. The SMILES string of the molecule is COC1(C)c2cc(C(F)(F)F)ccc2[C@H]2OC3(CCOCC3)c3c4c(nc1c32)CC(C)(C)CC4O. The molecule has 2 unspecified atom stereocenters. The largest absolute Gasteiger partial charge is 0.416 e. The summed E-state index contributed by atoms with van der Waals surface area (Å²) in [6.07, 6.45) is -3.25. The maximum Gasteiger partial charge on any atom is 0.416 e. The molecule has 35 heavy (non-hydrogen) atoms. The lowest BCUT2D eigenvalue weighted by atomic mass is 9.68. The van der Waals surface area contributed by atoms with Crippen molar-refractivity contribution < 1.29 is 32.5 Å². The average Bonchev–Trinajstić information content (AvgIpc) is 3.10. The van der Waals surface area contributed by atoms with Crippen molar-refractivity contribution in [3.05, 3.63) is 63.0 Å². The molecule has 6 rings (SSSR count). The van der Waals surface area contributed by atoms with Crippen molar-refractivity contribution in [1.82, 2.24) is 4.98 Å². The summed E-state index contributed by atoms with van der Waals surface area (Å²) in [7, 11) is 1.51. The van der Waals surface area contributed by atoms with E-state index in [-0.39, 0.29) is 5.41 Å². The Hall–Kier alpha value is -2.00. The van der Waals surface area contributed by atoms with Gasteiger partial charge in [-0.2, -0.15) is 13.2 Å². The van der Waals surface area contributed by atoms with E-state index in [9.17, 15) is 18.3 Å². The van der Waals surface area contributed by atoms with E-state index in [4.69, 9.17) is 19.2 Å². The van der Waals surface area contributed by atoms with Gasteiger partial charge in [0.05, 0.1) is 23.0 Å². The number of alkyl halides is 3. The van der Waals surface area contributed by atoms with Crippen LogP contribution in [0.2, 0.25) is 0 Å². The van der Waals surface area contributed by atoms with Crippen LogP contribution in [-0.4, -0.2) is 30.4 Å². The molecule has 4 aliphatic rings. The monoisotopic (exact) mass is 489 g/mol. The molecule has 0 radical (unpaired) electrons. The molecule has 0 amide bonds. The zero-order valence-corrected chi connectivity index (χ0v) is 20.4. The van der Waals surface area contributed by atoms with Crippen molar-refractivity contribution in [3.8, 4) is 0 Å². The van der Waals surface area contributed by atoms with Crippen molar-refractivity contribution in [1.29, 1.82) is 0 Å². The minimum absolute atomic E-state index is 0.165. The topological polar surface area (TPSA) is 60.8 Å². The number of halogens is 3. The molecule has 5 nitrogen and oxygen atoms in total. The molecule has 2 aliphatic heterocycles. The summed E-state index contributed by atoms with van der Waals surface area (Å²) < 4.78 is 59.6. The highest BCUT2D eigenvalue weighted by molar-refractivity contribution is 5.61. The smallest absolute Gasteiger partial charge is 0.388 e. The van der Waals surface area contributed by atoms with Crippen LogP contribution >= 0.6 is 0 Å². The van der Waals surface area contributed by atoms with Gasteiger partial charge in [0, 0.05) is 50.0 Å². The Bertz CT molecular complexity index is 1220. The zero-order chi connectivity index (χ0) is 25.0. The van der Waals surface area contributed by atoms with E-state index in [1.807, 2.05) is 0 Å². The molecule has 8 heteroatoms. The van der Waals surface area contributed by atoms with Gasteiger partial charge in [-0.3, -0.25) is 4.98 Å². The summed E-state index contributed by atoms with van der Waals surface area (Å²) in [6.45, 7) is 7.02. The Kier molecular flexibility index (Phi) is 4.87. The van der Waals surface area contributed by atoms with Crippen LogP contribution in [0.3, 0.4) is 0 Å². The Balaban J connectivity index is 1.68. The fraction of sp³-hybridized carbons (Fsp3) is 0.593. The summed E-state index contributed by atoms with van der Waals surface area (Å²) in [4.78, 5) is 5.07. The molecule has 0 bridgehead atoms. The second kappa shape index (κ2) is 7.28. The van der Waals surface area contributed by atoms with Crippen LogP contribution in [0.15, 0.2) is 18.2 Å². The number of benzene rings is 1. The van der Waals surface area contributed by atoms with E-state index >= 15 is 0 Å². The fourth-order valence-corrected chi connectivity index (χ4v) is 6.76. The van der Waals surface area contributed by atoms with E-state index in [1.54, 1.807) is 6.92 Å². The van der Waals surface area contributed by atoms with Crippen molar-refractivity contribution >= 4 is 0 Å². The van der Waals surface area contributed by atoms with Gasteiger partial charge < -0.3 is 19.3 Å². The van der Waals surface area contributed by atoms with Crippen molar-refractivity contribution in [2.45, 2.75) is 76.0 Å². The van der Waals surface area contributed by atoms with Crippen LogP contribution in [0.5, 0.6) is 0 Å². The summed E-state index contributed by atoms with van der Waals surface area (Å²) in [6, 6.07) is 3.81. The average molecular weight is 490 g/mol. The second-order valence-electron chi connectivity index (χ2n) is 11.3. The maximum atomic E-state index is 13.7. The van der Waals surface area contributed by atoms with Crippen LogP contribution in [0.4, 0.5) is 13.2 Å². The van der Waals surface area contributed by atoms with E-state index in [0.29, 0.717) is 55.7 Å². The highest BCUT2D eigenvalue weighted by atomic mass is 19.4. The quantitative estimate of drug-likeness (QED) is 0.577. The van der Waals surface area contributed by atoms with Crippen LogP contribution in [0.1, 0.15) is 97.0 Å². The number of fused-ring (bicyclic) bond motifs is 5. The third kappa shape index (κ3) is 3.19. The van der Waals surface area contributed by atoms with Crippen LogP contribution in [-0.2, 0) is 38.0 Å². The van der Waals surface area contributed by atoms with Gasteiger partial charge in [-0.1, -0.05) is 19.9 Å². The number of aromatic nitrogens is 1. The van der Waals surface area contributed by atoms with E-state index < -0.39 is 35.1 Å². The van der Waals surface area contributed by atoms with E-state index in [2.05, 4.69) is 13.8 Å². The van der Waals surface area contributed by atoms with Crippen LogP contribution in [0.25, 0.3) is 0 Å². The summed E-state index contributed by atoms with van der Waals surface area (Å²) in [5, 5.41) is 11.4. The van der Waals surface area contributed by atoms with Gasteiger partial charge in [-0.15, -0.1) is 0 Å². The second-order valence-corrected chi connectivity index (χ2v) is 11.3. The van der Waals surface area contributed by atoms with Gasteiger partial charge in [-0.25, -0.2) is 0 Å². The predicted octanol–water partition coefficient (Wildman–Crippen LogP) is 5.45. The number of pyridine rings is 1. The van der Waals surface area contributed by atoms with Crippen molar-refractivity contribution in [2.24, 2.45) is 5.41 Å². The first-order valence-corrected chi connectivity index (χ1v) is 12.2. The number of hydrogen-bond donors (Lipinski definition) is 1. The first kappa shape index (κ1) is 23.4. The molecule has 3 heterocycles. The number of aliphatic hydroxyl groups is 1. The van der Waals surface area contributed by atoms with Gasteiger partial charge in [0.15, 0.2) is 0 Å². The van der Waals surface area contributed by atoms with Gasteiger partial charge in [0.1, 0.15) is 11.7 Å². The molecule has 1 saturated heterocycles. The fourth-order valence-electron chi connectivity index (χ4n) is 6.76. The first-order chi connectivity index (χ1) is 16.4. The van der Waals surface area contributed by atoms with Crippen molar-refractivity contribution in [3.63, 3.8) is 0 Å². The number of rotatable bonds is 1. The summed E-state index contributed by atoms with van der Waals surface area (Å²) in [5.74, 6) is 0. The minimum atomic E-state index is -4.48. The highest BCUT2D eigenvalue weighted by Gasteiger charge is 2.57. The van der Waals surface area contributed by atoms with Gasteiger partial charge in [-0.05, 0) is 54.0 Å². The summed E-state index contributed by atoms with van der Waals surface area (Å²) >= 11 is 0. The molecular formula is C27H30F3NO4. The third-order valence-electron chi connectivity index (χ3n) is 8.48. The molecular weight excluding hydrogens is 459 g/mol. The number of hydrogen-bond acceptors (Lipinski definition) is 5. The minimum Gasteiger partial charge on any atom is -0.388 e. The summed E-state index contributed by atoms with van der Waals surface area (Å²) in [5.41, 5.74) is 2.34. The number of ether oxygens (including phenoxy) is 3. The normalized spacial score (nSPS) is 30.1. The molecule has 2 aromatic rings. The van der Waals surface area contributed by atoms with Crippen molar-refractivity contribution in [2.75, 3.05) is 20.3 Å². The molecule has 2 aliphatic carbocycles. The van der Waals surface area contributed by atoms with E-state index in [0.717, 1.165) is 28.5 Å². The van der Waals surface area contributed by atoms with Crippen LogP contribution < -0.4 is 0 Å². The molecule has 1 aromatic carbocycles. The van der Waals surface area contributed by atoms with Gasteiger partial charge in [0.25, 0.3) is 0 Å². The zero-order valence-electron chi connectivity index (χ0n) is 20.4. The van der Waals surface area contributed by atoms with Crippen LogP contribution in [0, 0.1) is 5.41 Å². The van der Waals surface area contributed by atoms with Gasteiger partial charge in [0.2, 0.25) is 0 Å². The molecule has 3 atom stereocenters. The molecule has 1 N–H and O–H groups in total. The lowest BCUT2D eigenvalue weighted by Gasteiger charge is -2.41. The molecule has 1 spiro atoms. The Labute approximate surface area is 202 Å². The van der Waals surface area contributed by atoms with Gasteiger partial charge >= 0.3 is 6.18 Å². The number of methoxy groups -OCH3 is 1. The Morgan fingerprint density at radius 3 is 2.49 bits per heavy atom. The molecule has 188 valence electrons. The van der Waals surface area contributed by atoms with E-state index in [1.165, 1.54) is 19.2 Å². The lowest BCUT2D eigenvalue weighted by Crippen LogP contribution is -2.38. The molecule has 1 aromatic heterocycles. The predicted molar refractivity (Wildman–Crippen MR) is 121 cm³/mol. The number of aliphatic hydroxyl groups excluding tert-OH is 1. The third-order valence-corrected chi connectivity index (χ3v) is 8.48. The standard InChI is InChI=1S/C27H30F3NO4/c1-24(2)12-17-19(18(32)13-24)21-20-22(35-26(21)7-9-34-10-8-26)15-6-5-14(27(28,29)30)11-16(15)25(3,33-4)23(20)31-17/h5-6,11,18,22,32H,7-10,12-13H2,1-4H3/t18?,22-,25?/m1/s1. The Morgan fingerprint density at radius 1 is 1.11 bits per heavy atom. The molecule has 1 fully saturated rings. The number of nitrogens with zero attached hydrogens (tertiary/aromatic N) is 1. The lowest BCUT2D eigenvalue weighted by molar-refractivity contribution is -0.138. The first-order valence-electron chi connectivity index (χ1n) is 12.2. The Morgan fingerprint density at radius 2 is 1.83 bits per heavy atom. The molecule has 0 saturated carbocycles.